The van der Waals surface area contributed by atoms with Crippen molar-refractivity contribution in [1.82, 2.24) is 4.90 Å². The van der Waals surface area contributed by atoms with E-state index in [0.29, 0.717) is 19.0 Å². The summed E-state index contributed by atoms with van der Waals surface area (Å²) in [4.78, 5) is 16.3. The first-order valence-electron chi connectivity index (χ1n) is 9.99. The van der Waals surface area contributed by atoms with E-state index in [-0.39, 0.29) is 11.9 Å². The Kier molecular flexibility index (Phi) is 6.22. The zero-order chi connectivity index (χ0) is 21.1. The van der Waals surface area contributed by atoms with Crippen LogP contribution in [0, 0.1) is 13.8 Å². The maximum atomic E-state index is 12.7. The molecular weight excluding hydrogens is 400 g/mol. The van der Waals surface area contributed by atoms with Gasteiger partial charge in [-0.15, -0.1) is 11.3 Å². The molecule has 0 saturated carbocycles. The van der Waals surface area contributed by atoms with Gasteiger partial charge in [0, 0.05) is 29.1 Å². The number of para-hydroxylation sites is 1. The van der Waals surface area contributed by atoms with Gasteiger partial charge < -0.3 is 19.2 Å². The van der Waals surface area contributed by atoms with Crippen molar-refractivity contribution < 1.29 is 18.7 Å². The number of amides is 1. The van der Waals surface area contributed by atoms with E-state index in [4.69, 9.17) is 13.9 Å². The Morgan fingerprint density at radius 1 is 1.17 bits per heavy atom. The summed E-state index contributed by atoms with van der Waals surface area (Å²) in [6.07, 6.45) is 1.51. The lowest BCUT2D eigenvalue weighted by atomic mass is 9.93. The molecule has 158 valence electrons. The predicted molar refractivity (Wildman–Crippen MR) is 118 cm³/mol. The smallest absolute Gasteiger partial charge is 0.291 e. The molecular formula is C23H26N2O4S. The highest BCUT2D eigenvalue weighted by atomic mass is 32.1. The van der Waals surface area contributed by atoms with Crippen LogP contribution >= 0.6 is 11.3 Å². The average Bonchev–Trinajstić information content (AvgIpc) is 3.40. The molecule has 1 aliphatic rings. The summed E-state index contributed by atoms with van der Waals surface area (Å²) < 4.78 is 16.6. The Labute approximate surface area is 180 Å². The van der Waals surface area contributed by atoms with Crippen LogP contribution in [0.3, 0.4) is 0 Å². The topological polar surface area (TPSA) is 63.9 Å². The largest absolute Gasteiger partial charge is 0.496 e. The van der Waals surface area contributed by atoms with Gasteiger partial charge in [0.05, 0.1) is 32.6 Å². The van der Waals surface area contributed by atoms with Gasteiger partial charge >= 0.3 is 0 Å². The van der Waals surface area contributed by atoms with Crippen LogP contribution in [-0.2, 0) is 4.74 Å². The maximum absolute atomic E-state index is 12.7. The Hall–Kier alpha value is -2.61. The number of carbonyl (C=O) groups excluding carboxylic acids is 1. The summed E-state index contributed by atoms with van der Waals surface area (Å²) in [5.41, 5.74) is 3.36. The third-order valence-corrected chi connectivity index (χ3v) is 6.66. The number of carbonyl (C=O) groups is 1. The molecule has 0 unspecified atom stereocenters. The number of ether oxygens (including phenoxy) is 2. The zero-order valence-electron chi connectivity index (χ0n) is 17.4. The standard InChI is InChI=1S/C23H26N2O4S/c1-15-16(2)30-23(24-22(26)19-9-6-12-29-19)20(15)21(25-10-13-28-14-11-25)17-7-4-5-8-18(17)27-3/h4-9,12,21H,10-11,13-14H2,1-3H3,(H,24,26)/t21-/m0/s1. The van der Waals surface area contributed by atoms with Gasteiger partial charge in [-0.3, -0.25) is 9.69 Å². The number of rotatable bonds is 6. The number of hydrogen-bond donors (Lipinski definition) is 1. The summed E-state index contributed by atoms with van der Waals surface area (Å²) in [5, 5.41) is 3.93. The number of aryl methyl sites for hydroxylation is 1. The van der Waals surface area contributed by atoms with Crippen LogP contribution in [0.25, 0.3) is 0 Å². The molecule has 1 fully saturated rings. The van der Waals surface area contributed by atoms with Crippen LogP contribution in [0.5, 0.6) is 5.75 Å². The van der Waals surface area contributed by atoms with Gasteiger partial charge in [0.2, 0.25) is 0 Å². The van der Waals surface area contributed by atoms with Crippen LogP contribution in [0.2, 0.25) is 0 Å². The van der Waals surface area contributed by atoms with Gasteiger partial charge in [0.1, 0.15) is 10.8 Å². The second-order valence-corrected chi connectivity index (χ2v) is 8.48. The van der Waals surface area contributed by atoms with Crippen LogP contribution in [0.1, 0.15) is 38.2 Å². The van der Waals surface area contributed by atoms with E-state index >= 15 is 0 Å². The van der Waals surface area contributed by atoms with Crippen molar-refractivity contribution in [2.75, 3.05) is 38.7 Å². The highest BCUT2D eigenvalue weighted by Crippen LogP contribution is 2.44. The first-order valence-corrected chi connectivity index (χ1v) is 10.8. The van der Waals surface area contributed by atoms with Gasteiger partial charge in [0.15, 0.2) is 5.76 Å². The predicted octanol–water partition coefficient (Wildman–Crippen LogP) is 4.64. The van der Waals surface area contributed by atoms with Gasteiger partial charge in [-0.1, -0.05) is 18.2 Å². The lowest BCUT2D eigenvalue weighted by Gasteiger charge is -2.36. The lowest BCUT2D eigenvalue weighted by Crippen LogP contribution is -2.40. The first-order chi connectivity index (χ1) is 14.6. The van der Waals surface area contributed by atoms with Gasteiger partial charge in [-0.2, -0.15) is 0 Å². The maximum Gasteiger partial charge on any atom is 0.291 e. The molecule has 1 saturated heterocycles. The van der Waals surface area contributed by atoms with Crippen molar-refractivity contribution in [3.63, 3.8) is 0 Å². The van der Waals surface area contributed by atoms with Crippen molar-refractivity contribution in [2.24, 2.45) is 0 Å². The van der Waals surface area contributed by atoms with Gasteiger partial charge in [0.25, 0.3) is 5.91 Å². The minimum absolute atomic E-state index is 0.0538. The molecule has 30 heavy (non-hydrogen) atoms. The minimum Gasteiger partial charge on any atom is -0.496 e. The molecule has 0 radical (unpaired) electrons. The monoisotopic (exact) mass is 426 g/mol. The van der Waals surface area contributed by atoms with Crippen LogP contribution in [0.4, 0.5) is 5.00 Å². The number of nitrogens with one attached hydrogen (secondary N) is 1. The molecule has 1 amide bonds. The third kappa shape index (κ3) is 4.01. The van der Waals surface area contributed by atoms with Crippen molar-refractivity contribution in [1.29, 1.82) is 0 Å². The van der Waals surface area contributed by atoms with E-state index in [1.165, 1.54) is 16.7 Å². The Balaban J connectivity index is 1.81. The molecule has 2 aromatic heterocycles. The second-order valence-electron chi connectivity index (χ2n) is 7.25. The molecule has 4 rings (SSSR count). The number of thiophene rings is 1. The molecule has 0 spiro atoms. The van der Waals surface area contributed by atoms with E-state index in [0.717, 1.165) is 35.0 Å². The van der Waals surface area contributed by atoms with E-state index in [1.54, 1.807) is 30.6 Å². The number of benzene rings is 1. The highest BCUT2D eigenvalue weighted by Gasteiger charge is 2.32. The lowest BCUT2D eigenvalue weighted by molar-refractivity contribution is 0.0236. The fourth-order valence-electron chi connectivity index (χ4n) is 3.90. The quantitative estimate of drug-likeness (QED) is 0.622. The van der Waals surface area contributed by atoms with Crippen molar-refractivity contribution in [3.05, 3.63) is 70.0 Å². The molecule has 3 aromatic rings. The molecule has 1 aromatic carbocycles. The molecule has 1 atom stereocenters. The summed E-state index contributed by atoms with van der Waals surface area (Å²) >= 11 is 1.59. The number of nitrogens with zero attached hydrogens (tertiary/aromatic N) is 1. The average molecular weight is 427 g/mol. The molecule has 1 aliphatic heterocycles. The van der Waals surface area contributed by atoms with Crippen molar-refractivity contribution >= 4 is 22.2 Å². The molecule has 6 nitrogen and oxygen atoms in total. The normalized spacial score (nSPS) is 15.7. The molecule has 7 heteroatoms. The SMILES string of the molecule is COc1ccccc1[C@@H](c1c(NC(=O)c2ccco2)sc(C)c1C)N1CCOCC1. The van der Waals surface area contributed by atoms with E-state index < -0.39 is 0 Å². The zero-order valence-corrected chi connectivity index (χ0v) is 18.3. The minimum atomic E-state index is -0.247. The van der Waals surface area contributed by atoms with Crippen LogP contribution in [0.15, 0.2) is 47.1 Å². The van der Waals surface area contributed by atoms with E-state index in [2.05, 4.69) is 30.1 Å². The number of furan rings is 1. The van der Waals surface area contributed by atoms with E-state index in [9.17, 15) is 4.79 Å². The van der Waals surface area contributed by atoms with Gasteiger partial charge in [-0.25, -0.2) is 0 Å². The van der Waals surface area contributed by atoms with Crippen molar-refractivity contribution in [3.8, 4) is 5.75 Å². The van der Waals surface area contributed by atoms with Crippen LogP contribution in [-0.4, -0.2) is 44.2 Å². The fraction of sp³-hybridized carbons (Fsp3) is 0.348. The number of methoxy groups -OCH3 is 1. The Morgan fingerprint density at radius 3 is 2.63 bits per heavy atom. The fourth-order valence-corrected chi connectivity index (χ4v) is 4.99. The molecule has 0 aliphatic carbocycles. The molecule has 0 bridgehead atoms. The summed E-state index contributed by atoms with van der Waals surface area (Å²) in [6.45, 7) is 7.19. The number of hydrogen-bond acceptors (Lipinski definition) is 6. The Bertz CT molecular complexity index is 1010. The van der Waals surface area contributed by atoms with E-state index in [1.807, 2.05) is 18.2 Å². The Morgan fingerprint density at radius 2 is 1.93 bits per heavy atom. The highest BCUT2D eigenvalue weighted by molar-refractivity contribution is 7.16. The van der Waals surface area contributed by atoms with Crippen LogP contribution < -0.4 is 10.1 Å². The molecule has 1 N–H and O–H groups in total. The third-order valence-electron chi connectivity index (χ3n) is 5.52. The first kappa shape index (κ1) is 20.7. The summed E-state index contributed by atoms with van der Waals surface area (Å²) in [6, 6.07) is 11.4. The van der Waals surface area contributed by atoms with Gasteiger partial charge in [-0.05, 0) is 37.6 Å². The van der Waals surface area contributed by atoms with Crippen molar-refractivity contribution in [2.45, 2.75) is 19.9 Å². The summed E-state index contributed by atoms with van der Waals surface area (Å²) in [5.74, 6) is 0.883. The second kappa shape index (κ2) is 9.04. The number of anilines is 1. The molecule has 3 heterocycles. The number of morpholine rings is 1. The summed E-state index contributed by atoms with van der Waals surface area (Å²) in [7, 11) is 1.69.